The Labute approximate surface area is 119 Å². The molecule has 0 amide bonds. The Bertz CT molecular complexity index is 604. The number of rotatable bonds is 2. The van der Waals surface area contributed by atoms with Crippen LogP contribution >= 0.6 is 0 Å². The number of aryl methyl sites for hydroxylation is 2. The van der Waals surface area contributed by atoms with E-state index in [4.69, 9.17) is 0 Å². The lowest BCUT2D eigenvalue weighted by atomic mass is 10.1. The Balaban J connectivity index is 1.86. The van der Waals surface area contributed by atoms with Crippen molar-refractivity contribution in [3.63, 3.8) is 0 Å². The normalized spacial score (nSPS) is 19.4. The molecule has 0 bridgehead atoms. The minimum absolute atomic E-state index is 0.479. The van der Waals surface area contributed by atoms with Crippen LogP contribution in [0.5, 0.6) is 0 Å². The van der Waals surface area contributed by atoms with Crippen LogP contribution in [0.3, 0.4) is 0 Å². The SMILES string of the molecule is Cc1ccc(-c2nc(N3CCN[C@@H](C)C3)n[nH]2)c(C)c1. The van der Waals surface area contributed by atoms with E-state index < -0.39 is 0 Å². The molecule has 2 heterocycles. The molecule has 0 spiro atoms. The first-order valence-electron chi connectivity index (χ1n) is 7.12. The lowest BCUT2D eigenvalue weighted by molar-refractivity contribution is 0.480. The van der Waals surface area contributed by atoms with Gasteiger partial charge in [-0.05, 0) is 26.3 Å². The van der Waals surface area contributed by atoms with Crippen molar-refractivity contribution >= 4 is 5.95 Å². The Morgan fingerprint density at radius 1 is 1.30 bits per heavy atom. The van der Waals surface area contributed by atoms with Gasteiger partial charge in [-0.15, -0.1) is 5.10 Å². The van der Waals surface area contributed by atoms with E-state index in [1.807, 2.05) is 0 Å². The molecular weight excluding hydrogens is 250 g/mol. The zero-order valence-corrected chi connectivity index (χ0v) is 12.3. The maximum Gasteiger partial charge on any atom is 0.245 e. The summed E-state index contributed by atoms with van der Waals surface area (Å²) in [6.45, 7) is 9.28. The molecule has 20 heavy (non-hydrogen) atoms. The monoisotopic (exact) mass is 271 g/mol. The van der Waals surface area contributed by atoms with Crippen molar-refractivity contribution < 1.29 is 0 Å². The molecule has 1 aromatic heterocycles. The minimum Gasteiger partial charge on any atom is -0.337 e. The molecule has 0 saturated carbocycles. The second-order valence-electron chi connectivity index (χ2n) is 5.60. The van der Waals surface area contributed by atoms with E-state index in [1.54, 1.807) is 0 Å². The van der Waals surface area contributed by atoms with E-state index in [2.05, 4.69) is 64.4 Å². The van der Waals surface area contributed by atoms with Crippen LogP contribution in [0.2, 0.25) is 0 Å². The quantitative estimate of drug-likeness (QED) is 0.875. The first kappa shape index (κ1) is 13.1. The maximum absolute atomic E-state index is 4.66. The van der Waals surface area contributed by atoms with Crippen LogP contribution in [-0.4, -0.2) is 40.9 Å². The van der Waals surface area contributed by atoms with Gasteiger partial charge < -0.3 is 10.2 Å². The molecule has 5 heteroatoms. The number of piperazine rings is 1. The van der Waals surface area contributed by atoms with Crippen molar-refractivity contribution in [3.05, 3.63) is 29.3 Å². The van der Waals surface area contributed by atoms with Gasteiger partial charge in [-0.3, -0.25) is 5.10 Å². The zero-order chi connectivity index (χ0) is 14.1. The molecule has 1 atom stereocenters. The number of aromatic amines is 1. The van der Waals surface area contributed by atoms with Crippen LogP contribution in [0.1, 0.15) is 18.1 Å². The van der Waals surface area contributed by atoms with Crippen molar-refractivity contribution in [2.75, 3.05) is 24.5 Å². The largest absolute Gasteiger partial charge is 0.337 e. The summed E-state index contributed by atoms with van der Waals surface area (Å²) in [5.41, 5.74) is 3.61. The van der Waals surface area contributed by atoms with Gasteiger partial charge in [0.15, 0.2) is 5.82 Å². The summed E-state index contributed by atoms with van der Waals surface area (Å²) < 4.78 is 0. The number of H-pyrrole nitrogens is 1. The Morgan fingerprint density at radius 3 is 2.90 bits per heavy atom. The van der Waals surface area contributed by atoms with E-state index >= 15 is 0 Å². The van der Waals surface area contributed by atoms with Crippen molar-refractivity contribution in [2.45, 2.75) is 26.8 Å². The molecule has 3 rings (SSSR count). The number of aromatic nitrogens is 3. The van der Waals surface area contributed by atoms with Crippen molar-refractivity contribution in [1.29, 1.82) is 0 Å². The van der Waals surface area contributed by atoms with Gasteiger partial charge in [0.05, 0.1) is 0 Å². The van der Waals surface area contributed by atoms with Gasteiger partial charge >= 0.3 is 0 Å². The molecule has 106 valence electrons. The average Bonchev–Trinajstić information content (AvgIpc) is 2.88. The Kier molecular flexibility index (Phi) is 3.44. The number of anilines is 1. The molecule has 0 radical (unpaired) electrons. The van der Waals surface area contributed by atoms with Gasteiger partial charge in [-0.1, -0.05) is 23.8 Å². The van der Waals surface area contributed by atoms with Gasteiger partial charge in [0.1, 0.15) is 0 Å². The van der Waals surface area contributed by atoms with Crippen LogP contribution in [0, 0.1) is 13.8 Å². The minimum atomic E-state index is 0.479. The highest BCUT2D eigenvalue weighted by Gasteiger charge is 2.19. The third-order valence-corrected chi connectivity index (χ3v) is 3.76. The van der Waals surface area contributed by atoms with E-state index in [0.29, 0.717) is 6.04 Å². The van der Waals surface area contributed by atoms with Crippen LogP contribution in [0.15, 0.2) is 18.2 Å². The molecule has 2 N–H and O–H groups in total. The lowest BCUT2D eigenvalue weighted by Crippen LogP contribution is -2.49. The number of hydrogen-bond acceptors (Lipinski definition) is 4. The molecule has 1 fully saturated rings. The smallest absolute Gasteiger partial charge is 0.245 e. The van der Waals surface area contributed by atoms with E-state index in [0.717, 1.165) is 37.0 Å². The summed E-state index contributed by atoms with van der Waals surface area (Å²) >= 11 is 0. The summed E-state index contributed by atoms with van der Waals surface area (Å²) in [6.07, 6.45) is 0. The third-order valence-electron chi connectivity index (χ3n) is 3.76. The summed E-state index contributed by atoms with van der Waals surface area (Å²) in [7, 11) is 0. The Hall–Kier alpha value is -1.88. The highest BCUT2D eigenvalue weighted by Crippen LogP contribution is 2.22. The summed E-state index contributed by atoms with van der Waals surface area (Å²) in [5, 5.41) is 10.9. The molecule has 1 saturated heterocycles. The molecular formula is C15H21N5. The van der Waals surface area contributed by atoms with E-state index in [9.17, 15) is 0 Å². The fraction of sp³-hybridized carbons (Fsp3) is 0.467. The highest BCUT2D eigenvalue weighted by molar-refractivity contribution is 5.61. The van der Waals surface area contributed by atoms with Gasteiger partial charge in [0.2, 0.25) is 5.95 Å². The molecule has 1 aromatic carbocycles. The molecule has 0 aliphatic carbocycles. The van der Waals surface area contributed by atoms with Crippen molar-refractivity contribution in [1.82, 2.24) is 20.5 Å². The standard InChI is InChI=1S/C15H21N5/c1-10-4-5-13(11(2)8-10)14-17-15(19-18-14)20-7-6-16-12(3)9-20/h4-5,8,12,16H,6-7,9H2,1-3H3,(H,17,18,19)/t12-/m0/s1. The second-order valence-corrected chi connectivity index (χ2v) is 5.60. The molecule has 1 aliphatic rings. The van der Waals surface area contributed by atoms with Gasteiger partial charge in [-0.2, -0.15) is 4.98 Å². The van der Waals surface area contributed by atoms with Crippen molar-refractivity contribution in [2.24, 2.45) is 0 Å². The summed E-state index contributed by atoms with van der Waals surface area (Å²) in [4.78, 5) is 6.89. The number of nitrogens with one attached hydrogen (secondary N) is 2. The van der Waals surface area contributed by atoms with Crippen LogP contribution < -0.4 is 10.2 Å². The maximum atomic E-state index is 4.66. The van der Waals surface area contributed by atoms with Crippen LogP contribution in [-0.2, 0) is 0 Å². The molecule has 0 unspecified atom stereocenters. The summed E-state index contributed by atoms with van der Waals surface area (Å²) in [6, 6.07) is 6.86. The molecule has 2 aromatic rings. The topological polar surface area (TPSA) is 56.8 Å². The Morgan fingerprint density at radius 2 is 2.15 bits per heavy atom. The highest BCUT2D eigenvalue weighted by atomic mass is 15.4. The van der Waals surface area contributed by atoms with Gasteiger partial charge in [0.25, 0.3) is 0 Å². The summed E-state index contributed by atoms with van der Waals surface area (Å²) in [5.74, 6) is 1.65. The van der Waals surface area contributed by atoms with E-state index in [-0.39, 0.29) is 0 Å². The van der Waals surface area contributed by atoms with E-state index in [1.165, 1.54) is 11.1 Å². The predicted octanol–water partition coefficient (Wildman–Crippen LogP) is 1.89. The van der Waals surface area contributed by atoms with Crippen molar-refractivity contribution in [3.8, 4) is 11.4 Å². The first-order valence-corrected chi connectivity index (χ1v) is 7.12. The lowest BCUT2D eigenvalue weighted by Gasteiger charge is -2.30. The molecule has 5 nitrogen and oxygen atoms in total. The zero-order valence-electron chi connectivity index (χ0n) is 12.3. The fourth-order valence-electron chi connectivity index (χ4n) is 2.71. The third kappa shape index (κ3) is 2.54. The number of benzene rings is 1. The average molecular weight is 271 g/mol. The van der Waals surface area contributed by atoms with Gasteiger partial charge in [-0.25, -0.2) is 0 Å². The van der Waals surface area contributed by atoms with Crippen LogP contribution in [0.25, 0.3) is 11.4 Å². The second kappa shape index (κ2) is 5.25. The van der Waals surface area contributed by atoms with Crippen LogP contribution in [0.4, 0.5) is 5.95 Å². The number of nitrogens with zero attached hydrogens (tertiary/aromatic N) is 3. The predicted molar refractivity (Wildman–Crippen MR) is 81.0 cm³/mol. The first-order chi connectivity index (χ1) is 9.63. The fourth-order valence-corrected chi connectivity index (χ4v) is 2.71. The van der Waals surface area contributed by atoms with Gasteiger partial charge in [0, 0.05) is 31.2 Å². The number of hydrogen-bond donors (Lipinski definition) is 2. The molecule has 1 aliphatic heterocycles.